The molecule has 2 aromatic rings. The van der Waals surface area contributed by atoms with E-state index in [1.165, 1.54) is 24.6 Å². The SMILES string of the molecule is CCN(C(=O)[C@@H](C)Sc1nnc(C2CC2)n1C)c1ccccc1. The maximum atomic E-state index is 12.8. The average molecular weight is 330 g/mol. The lowest BCUT2D eigenvalue weighted by molar-refractivity contribution is -0.117. The normalized spacial score (nSPS) is 15.4. The smallest absolute Gasteiger partial charge is 0.240 e. The van der Waals surface area contributed by atoms with Gasteiger partial charge in [-0.25, -0.2) is 0 Å². The Bertz CT molecular complexity index is 681. The zero-order chi connectivity index (χ0) is 16.4. The molecule has 1 amide bonds. The Labute approximate surface area is 141 Å². The number of anilines is 1. The quantitative estimate of drug-likeness (QED) is 0.763. The highest BCUT2D eigenvalue weighted by Crippen LogP contribution is 2.39. The summed E-state index contributed by atoms with van der Waals surface area (Å²) in [4.78, 5) is 14.6. The fourth-order valence-electron chi connectivity index (χ4n) is 2.63. The number of amides is 1. The van der Waals surface area contributed by atoms with Crippen LogP contribution in [0.25, 0.3) is 0 Å². The summed E-state index contributed by atoms with van der Waals surface area (Å²) >= 11 is 1.48. The van der Waals surface area contributed by atoms with Gasteiger partial charge in [-0.1, -0.05) is 30.0 Å². The molecule has 0 radical (unpaired) electrons. The van der Waals surface area contributed by atoms with Crippen molar-refractivity contribution < 1.29 is 4.79 Å². The lowest BCUT2D eigenvalue weighted by Gasteiger charge is -2.24. The summed E-state index contributed by atoms with van der Waals surface area (Å²) in [6.07, 6.45) is 2.39. The summed E-state index contributed by atoms with van der Waals surface area (Å²) in [5.74, 6) is 1.70. The molecule has 1 aliphatic carbocycles. The number of benzene rings is 1. The summed E-state index contributed by atoms with van der Waals surface area (Å²) in [7, 11) is 1.99. The highest BCUT2D eigenvalue weighted by Gasteiger charge is 2.30. The Hall–Kier alpha value is -1.82. The van der Waals surface area contributed by atoms with E-state index in [9.17, 15) is 4.79 Å². The molecule has 0 bridgehead atoms. The summed E-state index contributed by atoms with van der Waals surface area (Å²) in [6, 6.07) is 9.79. The van der Waals surface area contributed by atoms with Crippen molar-refractivity contribution in [1.29, 1.82) is 0 Å². The van der Waals surface area contributed by atoms with Crippen LogP contribution >= 0.6 is 11.8 Å². The van der Waals surface area contributed by atoms with Gasteiger partial charge in [0, 0.05) is 25.2 Å². The van der Waals surface area contributed by atoms with Crippen LogP contribution in [-0.4, -0.2) is 32.5 Å². The van der Waals surface area contributed by atoms with Gasteiger partial charge in [-0.3, -0.25) is 4.79 Å². The van der Waals surface area contributed by atoms with Crippen molar-refractivity contribution in [3.8, 4) is 0 Å². The molecule has 122 valence electrons. The Kier molecular flexibility index (Phi) is 4.71. The van der Waals surface area contributed by atoms with Crippen molar-refractivity contribution in [1.82, 2.24) is 14.8 Å². The minimum atomic E-state index is -0.204. The molecule has 1 atom stereocenters. The van der Waals surface area contributed by atoms with Gasteiger partial charge < -0.3 is 9.47 Å². The van der Waals surface area contributed by atoms with Gasteiger partial charge in [-0.05, 0) is 38.8 Å². The van der Waals surface area contributed by atoms with Crippen molar-refractivity contribution in [2.45, 2.75) is 43.0 Å². The molecule has 6 heteroatoms. The van der Waals surface area contributed by atoms with E-state index in [1.54, 1.807) is 0 Å². The molecule has 3 rings (SSSR count). The van der Waals surface area contributed by atoms with Crippen LogP contribution in [0, 0.1) is 0 Å². The first kappa shape index (κ1) is 16.1. The molecule has 1 fully saturated rings. The molecule has 0 N–H and O–H groups in total. The van der Waals surface area contributed by atoms with Gasteiger partial charge in [0.2, 0.25) is 5.91 Å². The molecule has 23 heavy (non-hydrogen) atoms. The van der Waals surface area contributed by atoms with Crippen LogP contribution in [0.2, 0.25) is 0 Å². The Balaban J connectivity index is 1.71. The van der Waals surface area contributed by atoms with Gasteiger partial charge in [-0.15, -0.1) is 10.2 Å². The van der Waals surface area contributed by atoms with Gasteiger partial charge in [0.25, 0.3) is 0 Å². The number of rotatable bonds is 6. The lowest BCUT2D eigenvalue weighted by atomic mass is 10.2. The van der Waals surface area contributed by atoms with E-state index in [-0.39, 0.29) is 11.2 Å². The van der Waals surface area contributed by atoms with Crippen LogP contribution in [0.4, 0.5) is 5.69 Å². The van der Waals surface area contributed by atoms with Crippen molar-refractivity contribution in [2.75, 3.05) is 11.4 Å². The van der Waals surface area contributed by atoms with E-state index in [0.717, 1.165) is 16.7 Å². The summed E-state index contributed by atoms with van der Waals surface area (Å²) < 4.78 is 2.03. The minimum absolute atomic E-state index is 0.0969. The zero-order valence-electron chi connectivity index (χ0n) is 13.8. The number of para-hydroxylation sites is 1. The van der Waals surface area contributed by atoms with Crippen molar-refractivity contribution >= 4 is 23.4 Å². The predicted molar refractivity (Wildman–Crippen MR) is 92.8 cm³/mol. The number of thioether (sulfide) groups is 1. The lowest BCUT2D eigenvalue weighted by Crippen LogP contribution is -2.36. The Morgan fingerprint density at radius 2 is 2.04 bits per heavy atom. The maximum Gasteiger partial charge on any atom is 0.240 e. The first-order valence-electron chi connectivity index (χ1n) is 8.04. The summed E-state index contributed by atoms with van der Waals surface area (Å²) in [6.45, 7) is 4.58. The maximum absolute atomic E-state index is 12.8. The molecule has 1 aromatic heterocycles. The number of hydrogen-bond acceptors (Lipinski definition) is 4. The molecular weight excluding hydrogens is 308 g/mol. The number of nitrogens with zero attached hydrogens (tertiary/aromatic N) is 4. The number of hydrogen-bond donors (Lipinski definition) is 0. The van der Waals surface area contributed by atoms with Crippen LogP contribution in [0.15, 0.2) is 35.5 Å². The van der Waals surface area contributed by atoms with Crippen LogP contribution in [-0.2, 0) is 11.8 Å². The zero-order valence-corrected chi connectivity index (χ0v) is 14.6. The van der Waals surface area contributed by atoms with Crippen molar-refractivity contribution in [3.63, 3.8) is 0 Å². The Morgan fingerprint density at radius 3 is 2.65 bits per heavy atom. The van der Waals surface area contributed by atoms with E-state index in [4.69, 9.17) is 0 Å². The van der Waals surface area contributed by atoms with E-state index < -0.39 is 0 Å². The van der Waals surface area contributed by atoms with E-state index >= 15 is 0 Å². The largest absolute Gasteiger partial charge is 0.312 e. The topological polar surface area (TPSA) is 51.0 Å². The molecule has 0 spiro atoms. The average Bonchev–Trinajstić information content (AvgIpc) is 3.34. The third-order valence-corrected chi connectivity index (χ3v) is 5.21. The molecular formula is C17H22N4OS. The van der Waals surface area contributed by atoms with Gasteiger partial charge in [-0.2, -0.15) is 0 Å². The van der Waals surface area contributed by atoms with Crippen molar-refractivity contribution in [3.05, 3.63) is 36.2 Å². The van der Waals surface area contributed by atoms with E-state index in [0.29, 0.717) is 12.5 Å². The third kappa shape index (κ3) is 3.42. The van der Waals surface area contributed by atoms with Gasteiger partial charge in [0.1, 0.15) is 5.82 Å². The third-order valence-electron chi connectivity index (χ3n) is 4.09. The number of carbonyl (C=O) groups is 1. The monoisotopic (exact) mass is 330 g/mol. The van der Waals surface area contributed by atoms with Crippen molar-refractivity contribution in [2.24, 2.45) is 7.05 Å². The van der Waals surface area contributed by atoms with Crippen LogP contribution < -0.4 is 4.90 Å². The fraction of sp³-hybridized carbons (Fsp3) is 0.471. The van der Waals surface area contributed by atoms with Gasteiger partial charge in [0.15, 0.2) is 5.16 Å². The molecule has 1 aromatic carbocycles. The van der Waals surface area contributed by atoms with E-state index in [2.05, 4.69) is 10.2 Å². The highest BCUT2D eigenvalue weighted by atomic mass is 32.2. The van der Waals surface area contributed by atoms with Gasteiger partial charge >= 0.3 is 0 Å². The minimum Gasteiger partial charge on any atom is -0.312 e. The Morgan fingerprint density at radius 1 is 1.35 bits per heavy atom. The second-order valence-corrected chi connectivity index (χ2v) is 7.16. The van der Waals surface area contributed by atoms with E-state index in [1.807, 2.05) is 60.7 Å². The molecule has 1 aliphatic rings. The highest BCUT2D eigenvalue weighted by molar-refractivity contribution is 8.00. The molecule has 0 unspecified atom stereocenters. The number of carbonyl (C=O) groups excluding carboxylic acids is 1. The van der Waals surface area contributed by atoms with Crippen LogP contribution in [0.5, 0.6) is 0 Å². The molecule has 5 nitrogen and oxygen atoms in total. The van der Waals surface area contributed by atoms with Gasteiger partial charge in [0.05, 0.1) is 5.25 Å². The molecule has 0 aliphatic heterocycles. The standard InChI is InChI=1S/C17H22N4OS/c1-4-21(14-8-6-5-7-9-14)16(22)12(2)23-17-19-18-15(20(17)3)13-10-11-13/h5-9,12-13H,4,10-11H2,1-3H3/t12-/m1/s1. The second-order valence-electron chi connectivity index (χ2n) is 5.85. The van der Waals surface area contributed by atoms with Crippen LogP contribution in [0.3, 0.4) is 0 Å². The molecule has 1 saturated carbocycles. The second kappa shape index (κ2) is 6.74. The summed E-state index contributed by atoms with van der Waals surface area (Å²) in [5.41, 5.74) is 0.934. The molecule has 1 heterocycles. The number of aromatic nitrogens is 3. The molecule has 0 saturated heterocycles. The first-order valence-corrected chi connectivity index (χ1v) is 8.92. The fourth-order valence-corrected chi connectivity index (χ4v) is 3.51. The van der Waals surface area contributed by atoms with Crippen LogP contribution in [0.1, 0.15) is 38.4 Å². The predicted octanol–water partition coefficient (Wildman–Crippen LogP) is 3.23. The summed E-state index contributed by atoms with van der Waals surface area (Å²) in [5, 5.41) is 9.16. The first-order chi connectivity index (χ1) is 11.1.